The molecule has 0 saturated heterocycles. The van der Waals surface area contributed by atoms with E-state index in [0.717, 1.165) is 5.56 Å². The number of hydrogen-bond acceptors (Lipinski definition) is 5. The number of aliphatic imine (C=N–C) groups is 1. The van der Waals surface area contributed by atoms with Crippen molar-refractivity contribution in [1.82, 2.24) is 0 Å². The number of rotatable bonds is 3. The number of non-ortho nitro benzene ring substituents is 1. The number of aryl methyl sites for hydroxylation is 2. The van der Waals surface area contributed by atoms with Gasteiger partial charge < -0.3 is 10.2 Å². The summed E-state index contributed by atoms with van der Waals surface area (Å²) in [5.74, 6) is -0.121. The molecule has 6 nitrogen and oxygen atoms in total. The molecule has 0 spiro atoms. The molecule has 0 aliphatic carbocycles. The largest absolute Gasteiger partial charge is 0.506 e. The Labute approximate surface area is 135 Å². The zero-order chi connectivity index (χ0) is 16.4. The number of nitrogens with zero attached hydrogens (tertiary/aromatic N) is 2. The van der Waals surface area contributed by atoms with E-state index < -0.39 is 4.92 Å². The van der Waals surface area contributed by atoms with Gasteiger partial charge in [0.15, 0.2) is 0 Å². The van der Waals surface area contributed by atoms with Crippen LogP contribution in [0.15, 0.2) is 33.7 Å². The molecule has 0 amide bonds. The van der Waals surface area contributed by atoms with E-state index in [1.54, 1.807) is 13.0 Å². The van der Waals surface area contributed by atoms with Gasteiger partial charge in [-0.1, -0.05) is 6.07 Å². The third-order valence-electron chi connectivity index (χ3n) is 3.06. The van der Waals surface area contributed by atoms with Gasteiger partial charge in [0.2, 0.25) is 0 Å². The van der Waals surface area contributed by atoms with Crippen molar-refractivity contribution in [1.29, 1.82) is 0 Å². The Kier molecular flexibility index (Phi) is 4.46. The Bertz CT molecular complexity index is 788. The molecule has 2 rings (SSSR count). The highest BCUT2D eigenvalue weighted by Crippen LogP contribution is 2.34. The molecule has 2 N–H and O–H groups in total. The summed E-state index contributed by atoms with van der Waals surface area (Å²) in [6, 6.07) is 5.92. The van der Waals surface area contributed by atoms with Crippen molar-refractivity contribution >= 4 is 33.5 Å². The lowest BCUT2D eigenvalue weighted by molar-refractivity contribution is -0.385. The van der Waals surface area contributed by atoms with Crippen molar-refractivity contribution in [2.24, 2.45) is 4.99 Å². The first-order chi connectivity index (χ1) is 10.3. The minimum Gasteiger partial charge on any atom is -0.506 e. The molecule has 22 heavy (non-hydrogen) atoms. The van der Waals surface area contributed by atoms with E-state index in [1.807, 2.05) is 13.0 Å². The highest BCUT2D eigenvalue weighted by Gasteiger charge is 2.14. The van der Waals surface area contributed by atoms with Gasteiger partial charge >= 0.3 is 0 Å². The molecule has 2 aromatic rings. The monoisotopic (exact) mass is 364 g/mol. The lowest BCUT2D eigenvalue weighted by Gasteiger charge is -2.05. The van der Waals surface area contributed by atoms with Crippen LogP contribution in [0.5, 0.6) is 11.5 Å². The van der Waals surface area contributed by atoms with Crippen LogP contribution in [0.2, 0.25) is 0 Å². The van der Waals surface area contributed by atoms with Crippen molar-refractivity contribution in [3.05, 3.63) is 55.5 Å². The molecule has 0 saturated carbocycles. The second-order valence-corrected chi connectivity index (χ2v) is 5.68. The van der Waals surface area contributed by atoms with Gasteiger partial charge in [-0.2, -0.15) is 0 Å². The van der Waals surface area contributed by atoms with Gasteiger partial charge in [-0.25, -0.2) is 0 Å². The van der Waals surface area contributed by atoms with Crippen LogP contribution >= 0.6 is 15.9 Å². The number of phenolic OH excluding ortho intramolecular Hbond substituents is 2. The average molecular weight is 365 g/mol. The fourth-order valence-corrected chi connectivity index (χ4v) is 2.45. The zero-order valence-corrected chi connectivity index (χ0v) is 13.5. The summed E-state index contributed by atoms with van der Waals surface area (Å²) in [6.45, 7) is 3.62. The number of nitro benzene ring substituents is 1. The summed E-state index contributed by atoms with van der Waals surface area (Å²) in [5.41, 5.74) is 1.94. The van der Waals surface area contributed by atoms with E-state index >= 15 is 0 Å². The highest BCUT2D eigenvalue weighted by molar-refractivity contribution is 9.10. The van der Waals surface area contributed by atoms with Gasteiger partial charge in [-0.3, -0.25) is 15.1 Å². The minimum atomic E-state index is -0.560. The molecule has 0 heterocycles. The number of hydrogen-bond donors (Lipinski definition) is 2. The van der Waals surface area contributed by atoms with Crippen molar-refractivity contribution in [3.63, 3.8) is 0 Å². The highest BCUT2D eigenvalue weighted by atomic mass is 79.9. The van der Waals surface area contributed by atoms with E-state index in [-0.39, 0.29) is 27.2 Å². The summed E-state index contributed by atoms with van der Waals surface area (Å²) in [7, 11) is 0. The Hall–Kier alpha value is -2.41. The Morgan fingerprint density at radius 3 is 2.50 bits per heavy atom. The number of phenols is 2. The maximum atomic E-state index is 10.9. The lowest BCUT2D eigenvalue weighted by atomic mass is 10.1. The van der Waals surface area contributed by atoms with Crippen LogP contribution < -0.4 is 0 Å². The molecule has 0 bridgehead atoms. The van der Waals surface area contributed by atoms with Gasteiger partial charge in [0.1, 0.15) is 17.2 Å². The number of halogens is 1. The lowest BCUT2D eigenvalue weighted by Crippen LogP contribution is -1.92. The minimum absolute atomic E-state index is 0.0332. The Balaban J connectivity index is 2.49. The number of nitro groups is 1. The summed E-state index contributed by atoms with van der Waals surface area (Å²) in [4.78, 5) is 14.4. The van der Waals surface area contributed by atoms with Crippen LogP contribution in [0.3, 0.4) is 0 Å². The molecule has 0 atom stereocenters. The molecule has 0 fully saturated rings. The molecule has 0 aromatic heterocycles. The standard InChI is InChI=1S/C15H13BrN2O4/c1-8-3-9(2)14(19)13(4-8)17-7-10-5-11(18(21)22)6-12(16)15(10)20/h3-7,19-20H,1-2H3. The van der Waals surface area contributed by atoms with Crippen molar-refractivity contribution in [2.75, 3.05) is 0 Å². The second kappa shape index (κ2) is 6.15. The van der Waals surface area contributed by atoms with Gasteiger partial charge in [0.25, 0.3) is 5.69 Å². The first kappa shape index (κ1) is 16.0. The summed E-state index contributed by atoms with van der Waals surface area (Å²) >= 11 is 3.06. The number of aromatic hydroxyl groups is 2. The Morgan fingerprint density at radius 1 is 1.18 bits per heavy atom. The van der Waals surface area contributed by atoms with Crippen LogP contribution in [-0.4, -0.2) is 21.4 Å². The maximum Gasteiger partial charge on any atom is 0.271 e. The normalized spacial score (nSPS) is 11.0. The van der Waals surface area contributed by atoms with Crippen molar-refractivity contribution in [2.45, 2.75) is 13.8 Å². The zero-order valence-electron chi connectivity index (χ0n) is 11.9. The quantitative estimate of drug-likeness (QED) is 0.486. The molecular formula is C15H13BrN2O4. The van der Waals surface area contributed by atoms with Crippen molar-refractivity contribution in [3.8, 4) is 11.5 Å². The second-order valence-electron chi connectivity index (χ2n) is 4.83. The molecular weight excluding hydrogens is 352 g/mol. The third-order valence-corrected chi connectivity index (χ3v) is 3.66. The van der Waals surface area contributed by atoms with Crippen LogP contribution in [0.25, 0.3) is 0 Å². The fourth-order valence-electron chi connectivity index (χ4n) is 1.98. The van der Waals surface area contributed by atoms with Crippen LogP contribution in [-0.2, 0) is 0 Å². The molecule has 0 radical (unpaired) electrons. The van der Waals surface area contributed by atoms with Gasteiger partial charge in [0.05, 0.1) is 9.40 Å². The van der Waals surface area contributed by atoms with E-state index in [2.05, 4.69) is 20.9 Å². The summed E-state index contributed by atoms with van der Waals surface area (Å²) < 4.78 is 0.202. The third kappa shape index (κ3) is 3.25. The van der Waals surface area contributed by atoms with Crippen LogP contribution in [0.4, 0.5) is 11.4 Å². The molecule has 0 unspecified atom stereocenters. The summed E-state index contributed by atoms with van der Waals surface area (Å²) in [6.07, 6.45) is 1.28. The van der Waals surface area contributed by atoms with Gasteiger partial charge in [-0.15, -0.1) is 0 Å². The first-order valence-corrected chi connectivity index (χ1v) is 7.10. The van der Waals surface area contributed by atoms with E-state index in [1.165, 1.54) is 18.3 Å². The van der Waals surface area contributed by atoms with Gasteiger partial charge in [0, 0.05) is 23.9 Å². The number of benzene rings is 2. The molecule has 7 heteroatoms. The predicted octanol–water partition coefficient (Wildman–Crippen LogP) is 4.14. The van der Waals surface area contributed by atoms with Crippen LogP contribution in [0, 0.1) is 24.0 Å². The average Bonchev–Trinajstić information content (AvgIpc) is 2.44. The van der Waals surface area contributed by atoms with E-state index in [9.17, 15) is 20.3 Å². The van der Waals surface area contributed by atoms with Crippen molar-refractivity contribution < 1.29 is 15.1 Å². The van der Waals surface area contributed by atoms with Gasteiger partial charge in [-0.05, 0) is 47.0 Å². The SMILES string of the molecule is Cc1cc(C)c(O)c(N=Cc2cc([N+](=O)[O-])cc(Br)c2O)c1. The topological polar surface area (TPSA) is 96.0 Å². The summed E-state index contributed by atoms with van der Waals surface area (Å²) in [5, 5.41) is 30.8. The Morgan fingerprint density at radius 2 is 1.86 bits per heavy atom. The molecule has 0 aliphatic rings. The predicted molar refractivity (Wildman–Crippen MR) is 87.3 cm³/mol. The molecule has 2 aromatic carbocycles. The first-order valence-electron chi connectivity index (χ1n) is 6.30. The molecule has 114 valence electrons. The fraction of sp³-hybridized carbons (Fsp3) is 0.133. The molecule has 0 aliphatic heterocycles. The smallest absolute Gasteiger partial charge is 0.271 e. The van der Waals surface area contributed by atoms with Crippen LogP contribution in [0.1, 0.15) is 16.7 Å². The van der Waals surface area contributed by atoms with E-state index in [4.69, 9.17) is 0 Å². The van der Waals surface area contributed by atoms with E-state index in [0.29, 0.717) is 11.3 Å². The maximum absolute atomic E-state index is 10.9.